The molecule has 3 aromatic carbocycles. The highest BCUT2D eigenvalue weighted by Crippen LogP contribution is 2.44. The van der Waals surface area contributed by atoms with Crippen molar-refractivity contribution >= 4 is 0 Å². The molecule has 3 aliphatic rings. The average Bonchev–Trinajstić information content (AvgIpc) is 0.943. The molecule has 0 spiro atoms. The monoisotopic (exact) mass is 1220 g/mol. The Balaban J connectivity index is 0.000000285. The van der Waals surface area contributed by atoms with Crippen molar-refractivity contribution in [3.8, 4) is 34.5 Å². The standard InChI is InChI=1S/2C28H42O2.C27H40O2/c1-20(2)11-8-12-21(3)13-9-14-22(4)15-10-17-28(7)18-16-25-19-26(29)23(5)24(6)27(25)30-28;1-20(2)11-8-12-21(3)13-9-14-22(4)15-10-17-28(7)18-16-25-24(6)26(29)19-23(5)27(25)30-28;1-20(2)10-7-11-21(3)12-8-13-22(4)14-9-16-27(6)17-15-24-19-25(28)18-23(5)26(24)29-27/h2*11,13,15,19,29H,8-10,12,14,16-18H2,1-7H3;10,12,14,18-19,28H,7-9,11,13,15-17H2,1-6H3/b2*21-13+,22-15+;21-12+,22-14+. The molecule has 3 heterocycles. The molecule has 492 valence electrons. The summed E-state index contributed by atoms with van der Waals surface area (Å²) in [6, 6.07) is 7.36. The van der Waals surface area contributed by atoms with Crippen LogP contribution in [0.5, 0.6) is 34.5 Å². The van der Waals surface area contributed by atoms with Crippen molar-refractivity contribution < 1.29 is 29.5 Å². The normalized spacial score (nSPS) is 19.4. The molecule has 0 amide bonds. The van der Waals surface area contributed by atoms with E-state index in [1.54, 1.807) is 6.07 Å². The predicted octanol–water partition coefficient (Wildman–Crippen LogP) is 24.6. The zero-order valence-electron chi connectivity index (χ0n) is 60.0. The number of aryl methyl sites for hydroxylation is 4. The number of phenols is 3. The van der Waals surface area contributed by atoms with Gasteiger partial charge in [0.2, 0.25) is 0 Å². The van der Waals surface area contributed by atoms with Gasteiger partial charge in [0.25, 0.3) is 0 Å². The maximum Gasteiger partial charge on any atom is 0.126 e. The van der Waals surface area contributed by atoms with Crippen LogP contribution in [0.3, 0.4) is 0 Å². The summed E-state index contributed by atoms with van der Waals surface area (Å²) >= 11 is 0. The summed E-state index contributed by atoms with van der Waals surface area (Å²) in [5.41, 5.74) is 21.3. The summed E-state index contributed by atoms with van der Waals surface area (Å²) in [5.74, 6) is 4.08. The fourth-order valence-corrected chi connectivity index (χ4v) is 12.3. The molecule has 89 heavy (non-hydrogen) atoms. The Morgan fingerprint density at radius 2 is 0.674 bits per heavy atom. The van der Waals surface area contributed by atoms with Crippen molar-refractivity contribution in [3.63, 3.8) is 0 Å². The van der Waals surface area contributed by atoms with Crippen molar-refractivity contribution in [3.05, 3.63) is 174 Å². The third-order valence-corrected chi connectivity index (χ3v) is 18.7. The second-order valence-corrected chi connectivity index (χ2v) is 28.7. The summed E-state index contributed by atoms with van der Waals surface area (Å²) in [5, 5.41) is 30.0. The van der Waals surface area contributed by atoms with Crippen LogP contribution in [0, 0.1) is 34.6 Å². The van der Waals surface area contributed by atoms with Gasteiger partial charge in [-0.3, -0.25) is 0 Å². The van der Waals surface area contributed by atoms with Crippen LogP contribution in [0.4, 0.5) is 0 Å². The number of phenolic OH excluding ortho intramolecular Hbond substituents is 3. The number of fused-ring (bicyclic) bond motifs is 3. The van der Waals surface area contributed by atoms with Gasteiger partial charge in [0.05, 0.1) is 0 Å². The maximum absolute atomic E-state index is 10.1. The minimum atomic E-state index is -0.126. The predicted molar refractivity (Wildman–Crippen MR) is 384 cm³/mol. The van der Waals surface area contributed by atoms with E-state index in [1.807, 2.05) is 45.9 Å². The first kappa shape index (κ1) is 75.6. The molecule has 3 N–H and O–H groups in total. The molecule has 0 radical (unpaired) electrons. The van der Waals surface area contributed by atoms with Crippen LogP contribution < -0.4 is 14.2 Å². The van der Waals surface area contributed by atoms with Gasteiger partial charge >= 0.3 is 0 Å². The Labute approximate surface area is 544 Å². The van der Waals surface area contributed by atoms with E-state index in [0.29, 0.717) is 17.2 Å². The highest BCUT2D eigenvalue weighted by Gasteiger charge is 2.35. The number of ether oxygens (including phenoxy) is 3. The van der Waals surface area contributed by atoms with Crippen LogP contribution in [0.15, 0.2) is 129 Å². The van der Waals surface area contributed by atoms with E-state index in [4.69, 9.17) is 14.2 Å². The Morgan fingerprint density at radius 1 is 0.360 bits per heavy atom. The summed E-state index contributed by atoms with van der Waals surface area (Å²) in [6.07, 6.45) is 47.3. The number of benzene rings is 3. The molecule has 0 saturated heterocycles. The van der Waals surface area contributed by atoms with Crippen LogP contribution >= 0.6 is 0 Å². The van der Waals surface area contributed by atoms with E-state index in [9.17, 15) is 15.3 Å². The lowest BCUT2D eigenvalue weighted by atomic mass is 9.86. The van der Waals surface area contributed by atoms with Crippen LogP contribution in [0.25, 0.3) is 0 Å². The van der Waals surface area contributed by atoms with Crippen molar-refractivity contribution in [2.24, 2.45) is 0 Å². The summed E-state index contributed by atoms with van der Waals surface area (Å²) in [7, 11) is 0. The zero-order valence-corrected chi connectivity index (χ0v) is 60.0. The van der Waals surface area contributed by atoms with Gasteiger partial charge < -0.3 is 29.5 Å². The Kier molecular flexibility index (Phi) is 31.3. The highest BCUT2D eigenvalue weighted by atomic mass is 16.5. The lowest BCUT2D eigenvalue weighted by Crippen LogP contribution is -2.36. The molecule has 0 aromatic heterocycles. The van der Waals surface area contributed by atoms with Gasteiger partial charge in [-0.2, -0.15) is 0 Å². The van der Waals surface area contributed by atoms with Crippen molar-refractivity contribution in [1.82, 2.24) is 0 Å². The minimum Gasteiger partial charge on any atom is -0.508 e. The topological polar surface area (TPSA) is 88.4 Å². The van der Waals surface area contributed by atoms with Gasteiger partial charge in [-0.1, -0.05) is 105 Å². The van der Waals surface area contributed by atoms with Gasteiger partial charge in [0, 0.05) is 5.56 Å². The quantitative estimate of drug-likeness (QED) is 0.0659. The summed E-state index contributed by atoms with van der Waals surface area (Å²) in [4.78, 5) is 0. The molecular formula is C83H124O6. The molecule has 3 atom stereocenters. The molecule has 0 fully saturated rings. The minimum absolute atomic E-state index is 0.118. The van der Waals surface area contributed by atoms with Crippen molar-refractivity contribution in [2.45, 2.75) is 309 Å². The zero-order chi connectivity index (χ0) is 66.1. The van der Waals surface area contributed by atoms with Crippen molar-refractivity contribution in [2.75, 3.05) is 0 Å². The van der Waals surface area contributed by atoms with Gasteiger partial charge in [-0.25, -0.2) is 0 Å². The van der Waals surface area contributed by atoms with E-state index in [0.717, 1.165) is 191 Å². The van der Waals surface area contributed by atoms with Crippen LogP contribution in [0.1, 0.15) is 283 Å². The molecule has 6 heteroatoms. The third kappa shape index (κ3) is 26.8. The number of hydrogen-bond donors (Lipinski definition) is 3. The number of rotatable bonds is 27. The molecule has 3 aliphatic heterocycles. The molecule has 0 aliphatic carbocycles. The van der Waals surface area contributed by atoms with E-state index in [-0.39, 0.29) is 16.8 Å². The fourth-order valence-electron chi connectivity index (χ4n) is 12.3. The SMILES string of the molecule is CC(C)=CCC/C(C)=C/CC/C(C)=C/CCC1(C)CCc2c(C)c(O)cc(C)c2O1.CC(C)=CCC/C(C)=C/CC/C(C)=C/CCC1(C)CCc2cc(O)c(C)c(C)c2O1.CC(C)=CCC/C(C)=C/CC/C(C)=C/CCC1(C)CCc2cc(O)cc(C)c2O1. The molecule has 0 bridgehead atoms. The van der Waals surface area contributed by atoms with Gasteiger partial charge in [-0.05, 0) is 356 Å². The number of allylic oxidation sites excluding steroid dienone is 18. The molecule has 6 rings (SSSR count). The average molecular weight is 1220 g/mol. The second-order valence-electron chi connectivity index (χ2n) is 28.7. The van der Waals surface area contributed by atoms with Gasteiger partial charge in [0.1, 0.15) is 51.3 Å². The van der Waals surface area contributed by atoms with Gasteiger partial charge in [0.15, 0.2) is 0 Å². The summed E-state index contributed by atoms with van der Waals surface area (Å²) in [6.45, 7) is 43.2. The molecule has 3 aromatic rings. The first-order valence-corrected chi connectivity index (χ1v) is 34.3. The highest BCUT2D eigenvalue weighted by molar-refractivity contribution is 5.54. The Morgan fingerprint density at radius 3 is 1.07 bits per heavy atom. The first-order valence-electron chi connectivity index (χ1n) is 34.3. The maximum atomic E-state index is 10.1. The molecule has 0 saturated carbocycles. The third-order valence-electron chi connectivity index (χ3n) is 18.7. The van der Waals surface area contributed by atoms with E-state index >= 15 is 0 Å². The number of hydrogen-bond acceptors (Lipinski definition) is 6. The second kappa shape index (κ2) is 36.8. The van der Waals surface area contributed by atoms with E-state index in [1.165, 1.54) is 75.0 Å². The van der Waals surface area contributed by atoms with Crippen LogP contribution in [-0.4, -0.2) is 32.1 Å². The summed E-state index contributed by atoms with van der Waals surface area (Å²) < 4.78 is 19.4. The number of aromatic hydroxyl groups is 3. The van der Waals surface area contributed by atoms with Gasteiger partial charge in [-0.15, -0.1) is 0 Å². The molecule has 6 nitrogen and oxygen atoms in total. The van der Waals surface area contributed by atoms with E-state index < -0.39 is 0 Å². The first-order chi connectivity index (χ1) is 41.9. The largest absolute Gasteiger partial charge is 0.508 e. The van der Waals surface area contributed by atoms with E-state index in [2.05, 4.69) is 165 Å². The molecule has 3 unspecified atom stereocenters. The lowest BCUT2D eigenvalue weighted by molar-refractivity contribution is 0.0557. The van der Waals surface area contributed by atoms with Crippen molar-refractivity contribution in [1.29, 1.82) is 0 Å². The van der Waals surface area contributed by atoms with Crippen LogP contribution in [0.2, 0.25) is 0 Å². The fraction of sp³-hybridized carbons (Fsp3) is 0.566. The van der Waals surface area contributed by atoms with Crippen LogP contribution in [-0.2, 0) is 19.3 Å². The lowest BCUT2D eigenvalue weighted by Gasteiger charge is -2.37. The Bertz CT molecular complexity index is 3010. The Hall–Kier alpha value is -5.88. The smallest absolute Gasteiger partial charge is 0.126 e. The molecular weight excluding hydrogens is 1090 g/mol.